The van der Waals surface area contributed by atoms with Crippen molar-refractivity contribution in [3.8, 4) is 12.3 Å². The van der Waals surface area contributed by atoms with E-state index in [0.717, 1.165) is 35.1 Å². The molecule has 2 aromatic rings. The van der Waals surface area contributed by atoms with Crippen molar-refractivity contribution in [2.75, 3.05) is 18.0 Å². The summed E-state index contributed by atoms with van der Waals surface area (Å²) in [4.78, 5) is 6.59. The summed E-state index contributed by atoms with van der Waals surface area (Å²) in [5, 5.41) is 11.5. The molecule has 0 atom stereocenters. The molecule has 0 unspecified atom stereocenters. The maximum atomic E-state index is 9.39. The van der Waals surface area contributed by atoms with Crippen LogP contribution in [0.5, 0.6) is 0 Å². The summed E-state index contributed by atoms with van der Waals surface area (Å²) in [5.41, 5.74) is 0.844. The topological polar surface area (TPSA) is 36.4 Å². The molecule has 0 aliphatic heterocycles. The highest BCUT2D eigenvalue weighted by molar-refractivity contribution is 5.94. The van der Waals surface area contributed by atoms with E-state index in [1.807, 2.05) is 24.3 Å². The molecule has 1 heterocycles. The Morgan fingerprint density at radius 1 is 1.32 bits per heavy atom. The Balaban J connectivity index is 2.57. The summed E-state index contributed by atoms with van der Waals surface area (Å²) >= 11 is 0. The van der Waals surface area contributed by atoms with Gasteiger partial charge in [-0.15, -0.1) is 6.42 Å². The molecule has 3 nitrogen and oxygen atoms in total. The first-order chi connectivity index (χ1) is 9.31. The van der Waals surface area contributed by atoms with E-state index in [1.54, 1.807) is 6.20 Å². The molecule has 0 saturated carbocycles. The number of pyridine rings is 1. The van der Waals surface area contributed by atoms with Crippen molar-refractivity contribution in [2.24, 2.45) is 0 Å². The lowest BCUT2D eigenvalue weighted by molar-refractivity contribution is 0.283. The Bertz CT molecular complexity index is 601. The van der Waals surface area contributed by atoms with E-state index < -0.39 is 0 Å². The van der Waals surface area contributed by atoms with Gasteiger partial charge in [-0.25, -0.2) is 4.98 Å². The van der Waals surface area contributed by atoms with Gasteiger partial charge in [0.1, 0.15) is 5.82 Å². The van der Waals surface area contributed by atoms with Gasteiger partial charge in [-0.05, 0) is 11.8 Å². The van der Waals surface area contributed by atoms with Crippen LogP contribution < -0.4 is 4.90 Å². The monoisotopic (exact) mass is 254 g/mol. The molecule has 0 spiro atoms. The predicted octanol–water partition coefficient (Wildman–Crippen LogP) is 2.58. The van der Waals surface area contributed by atoms with Gasteiger partial charge >= 0.3 is 0 Å². The second-order valence-corrected chi connectivity index (χ2v) is 4.44. The van der Waals surface area contributed by atoms with E-state index in [0.29, 0.717) is 6.54 Å². The standard InChI is InChI=1S/C16H18N2O/c1-3-9-18(10-4-2)16-15-8-6-5-7-14(15)13(12-19)11-17-16/h1,5-8,11,19H,4,9-10,12H2,2H3. The molecule has 0 fully saturated rings. The number of fused-ring (bicyclic) bond motifs is 1. The molecule has 3 heteroatoms. The largest absolute Gasteiger partial charge is 0.392 e. The van der Waals surface area contributed by atoms with Crippen LogP contribution >= 0.6 is 0 Å². The number of terminal acetylenes is 1. The van der Waals surface area contributed by atoms with Gasteiger partial charge in [-0.1, -0.05) is 37.1 Å². The van der Waals surface area contributed by atoms with Gasteiger partial charge in [0.15, 0.2) is 0 Å². The number of nitrogens with zero attached hydrogens (tertiary/aromatic N) is 2. The van der Waals surface area contributed by atoms with Crippen molar-refractivity contribution in [3.63, 3.8) is 0 Å². The van der Waals surface area contributed by atoms with Crippen LogP contribution in [0.1, 0.15) is 18.9 Å². The third-order valence-corrected chi connectivity index (χ3v) is 3.10. The minimum atomic E-state index is -0.00326. The molecule has 19 heavy (non-hydrogen) atoms. The Kier molecular flexibility index (Phi) is 4.38. The first-order valence-corrected chi connectivity index (χ1v) is 6.47. The molecular weight excluding hydrogens is 236 g/mol. The Morgan fingerprint density at radius 3 is 2.68 bits per heavy atom. The Hall–Kier alpha value is -2.05. The molecule has 0 radical (unpaired) electrons. The molecule has 0 amide bonds. The van der Waals surface area contributed by atoms with E-state index in [9.17, 15) is 5.11 Å². The molecule has 0 aliphatic rings. The molecule has 0 bridgehead atoms. The first-order valence-electron chi connectivity index (χ1n) is 6.47. The van der Waals surface area contributed by atoms with Crippen LogP contribution in [0.2, 0.25) is 0 Å². The highest BCUT2D eigenvalue weighted by Gasteiger charge is 2.12. The number of aliphatic hydroxyl groups excluding tert-OH is 1. The SMILES string of the molecule is C#CCN(CCC)c1ncc(CO)c2ccccc12. The molecule has 1 N–H and O–H groups in total. The van der Waals surface area contributed by atoms with E-state index >= 15 is 0 Å². The minimum Gasteiger partial charge on any atom is -0.392 e. The predicted molar refractivity (Wildman–Crippen MR) is 79.0 cm³/mol. The smallest absolute Gasteiger partial charge is 0.137 e. The molecule has 1 aromatic heterocycles. The summed E-state index contributed by atoms with van der Waals surface area (Å²) in [6.07, 6.45) is 8.18. The molecule has 0 aliphatic carbocycles. The minimum absolute atomic E-state index is 0.00326. The van der Waals surface area contributed by atoms with Gasteiger partial charge in [0.05, 0.1) is 13.2 Å². The van der Waals surface area contributed by atoms with Crippen LogP contribution in [0.4, 0.5) is 5.82 Å². The normalized spacial score (nSPS) is 10.4. The van der Waals surface area contributed by atoms with Crippen molar-refractivity contribution in [1.82, 2.24) is 4.98 Å². The van der Waals surface area contributed by atoms with Crippen LogP contribution in [-0.2, 0) is 6.61 Å². The zero-order valence-electron chi connectivity index (χ0n) is 11.1. The van der Waals surface area contributed by atoms with E-state index in [2.05, 4.69) is 22.7 Å². The van der Waals surface area contributed by atoms with Gasteiger partial charge in [-0.3, -0.25) is 0 Å². The average molecular weight is 254 g/mol. The van der Waals surface area contributed by atoms with E-state index in [4.69, 9.17) is 6.42 Å². The van der Waals surface area contributed by atoms with Crippen LogP contribution in [0.15, 0.2) is 30.5 Å². The second-order valence-electron chi connectivity index (χ2n) is 4.44. The fourth-order valence-electron chi connectivity index (χ4n) is 2.25. The fourth-order valence-corrected chi connectivity index (χ4v) is 2.25. The third kappa shape index (κ3) is 2.69. The van der Waals surface area contributed by atoms with Crippen molar-refractivity contribution in [2.45, 2.75) is 20.0 Å². The molecule has 1 aromatic carbocycles. The highest BCUT2D eigenvalue weighted by atomic mass is 16.3. The van der Waals surface area contributed by atoms with Crippen molar-refractivity contribution in [3.05, 3.63) is 36.0 Å². The van der Waals surface area contributed by atoms with Crippen LogP contribution in [0, 0.1) is 12.3 Å². The van der Waals surface area contributed by atoms with Crippen LogP contribution in [0.25, 0.3) is 10.8 Å². The zero-order chi connectivity index (χ0) is 13.7. The Labute approximate surface area is 113 Å². The second kappa shape index (κ2) is 6.21. The number of rotatable bonds is 5. The van der Waals surface area contributed by atoms with Gasteiger partial charge in [-0.2, -0.15) is 0 Å². The fraction of sp³-hybridized carbons (Fsp3) is 0.312. The molecule has 98 valence electrons. The number of anilines is 1. The number of benzene rings is 1. The van der Waals surface area contributed by atoms with Gasteiger partial charge in [0, 0.05) is 23.7 Å². The zero-order valence-corrected chi connectivity index (χ0v) is 11.1. The molecular formula is C16H18N2O. The van der Waals surface area contributed by atoms with Gasteiger partial charge in [0.2, 0.25) is 0 Å². The summed E-state index contributed by atoms with van der Waals surface area (Å²) in [6.45, 7) is 3.54. The maximum absolute atomic E-state index is 9.39. The lowest BCUT2D eigenvalue weighted by Gasteiger charge is -2.22. The van der Waals surface area contributed by atoms with Crippen molar-refractivity contribution < 1.29 is 5.11 Å². The van der Waals surface area contributed by atoms with Gasteiger partial charge < -0.3 is 10.0 Å². The summed E-state index contributed by atoms with van der Waals surface area (Å²) in [7, 11) is 0. The highest BCUT2D eigenvalue weighted by Crippen LogP contribution is 2.27. The third-order valence-electron chi connectivity index (χ3n) is 3.10. The first kappa shape index (κ1) is 13.4. The van der Waals surface area contributed by atoms with Crippen molar-refractivity contribution >= 4 is 16.6 Å². The number of aliphatic hydroxyl groups is 1. The number of aromatic nitrogens is 1. The lowest BCUT2D eigenvalue weighted by atomic mass is 10.1. The molecule has 0 saturated heterocycles. The average Bonchev–Trinajstić information content (AvgIpc) is 2.46. The summed E-state index contributed by atoms with van der Waals surface area (Å²) in [6, 6.07) is 7.98. The Morgan fingerprint density at radius 2 is 2.05 bits per heavy atom. The van der Waals surface area contributed by atoms with Crippen LogP contribution in [-0.4, -0.2) is 23.2 Å². The van der Waals surface area contributed by atoms with Gasteiger partial charge in [0.25, 0.3) is 0 Å². The van der Waals surface area contributed by atoms with E-state index in [-0.39, 0.29) is 6.61 Å². The maximum Gasteiger partial charge on any atom is 0.137 e. The van der Waals surface area contributed by atoms with Crippen LogP contribution in [0.3, 0.4) is 0 Å². The summed E-state index contributed by atoms with van der Waals surface area (Å²) < 4.78 is 0. The van der Waals surface area contributed by atoms with E-state index in [1.165, 1.54) is 0 Å². The molecule has 2 rings (SSSR count). The van der Waals surface area contributed by atoms with Crippen molar-refractivity contribution in [1.29, 1.82) is 0 Å². The lowest BCUT2D eigenvalue weighted by Crippen LogP contribution is -2.25. The summed E-state index contributed by atoms with van der Waals surface area (Å²) in [5.74, 6) is 3.58. The quantitative estimate of drug-likeness (QED) is 0.833. The number of hydrogen-bond donors (Lipinski definition) is 1. The number of hydrogen-bond acceptors (Lipinski definition) is 3.